The molecule has 6 nitrogen and oxygen atoms in total. The van der Waals surface area contributed by atoms with Gasteiger partial charge in [0.1, 0.15) is 59.5 Å². The van der Waals surface area contributed by atoms with Crippen molar-refractivity contribution >= 4 is 11.1 Å². The average Bonchev–Trinajstić information content (AvgIpc) is 3.80. The maximum absolute atomic E-state index is 15.0. The van der Waals surface area contributed by atoms with E-state index < -0.39 is 138 Å². The van der Waals surface area contributed by atoms with E-state index in [1.807, 2.05) is 0 Å². The van der Waals surface area contributed by atoms with Gasteiger partial charge in [-0.05, 0) is 0 Å². The van der Waals surface area contributed by atoms with Crippen LogP contribution in [0.5, 0.6) is 0 Å². The Morgan fingerprint density at radius 2 is 0.854 bits per heavy atom. The number of benzene rings is 2. The summed E-state index contributed by atoms with van der Waals surface area (Å²) in [4.78, 5) is 0. The lowest BCUT2D eigenvalue weighted by Crippen LogP contribution is -2.06. The molecule has 1 aliphatic carbocycles. The first kappa shape index (κ1) is 35.7. The zero-order chi connectivity index (χ0) is 36.4. The Bertz CT molecular complexity index is 2090. The van der Waals surface area contributed by atoms with Gasteiger partial charge in [0.15, 0.2) is 58.2 Å². The van der Waals surface area contributed by atoms with Gasteiger partial charge in [-0.25, -0.2) is 52.7 Å². The molecule has 0 bridgehead atoms. The Morgan fingerprint density at radius 1 is 0.479 bits per heavy atom. The standard InChI is InChI=1S/C30H4F12N6/c31-2-16(33)10(4-44)22(34)15(32)1-9(3-43)17-18(11(5-45)20-27(39)23(35)13(7-47)24(36)28(20)40)19(17)12(6-46)21-29(41)25(37)14(8-48)26(38)30(21)42/h1-2H2/b16-10+,17-9-,18-11-,19-12?,22-15-. The van der Waals surface area contributed by atoms with E-state index in [1.165, 1.54) is 0 Å². The molecule has 3 rings (SSSR count). The van der Waals surface area contributed by atoms with Gasteiger partial charge in [-0.1, -0.05) is 0 Å². The van der Waals surface area contributed by atoms with Crippen LogP contribution in [0.1, 0.15) is 28.7 Å². The molecule has 0 atom stereocenters. The van der Waals surface area contributed by atoms with Crippen LogP contribution < -0.4 is 0 Å². The van der Waals surface area contributed by atoms with E-state index in [0.29, 0.717) is 0 Å². The third kappa shape index (κ3) is 5.60. The van der Waals surface area contributed by atoms with Crippen LogP contribution in [0.25, 0.3) is 11.1 Å². The molecule has 2 aromatic carbocycles. The summed E-state index contributed by atoms with van der Waals surface area (Å²) < 4.78 is 173. The lowest BCUT2D eigenvalue weighted by Gasteiger charge is -2.08. The van der Waals surface area contributed by atoms with Gasteiger partial charge in [-0.3, -0.25) is 0 Å². The first-order valence-electron chi connectivity index (χ1n) is 12.0. The highest BCUT2D eigenvalue weighted by Gasteiger charge is 2.45. The highest BCUT2D eigenvalue weighted by molar-refractivity contribution is 6.07. The van der Waals surface area contributed by atoms with E-state index in [2.05, 4.69) is 0 Å². The fraction of sp³-hybridized carbons (Fsp3) is 0.0667. The number of nitriles is 6. The minimum Gasteiger partial charge on any atom is -0.243 e. The van der Waals surface area contributed by atoms with Crippen molar-refractivity contribution in [2.24, 2.45) is 0 Å². The van der Waals surface area contributed by atoms with E-state index in [4.69, 9.17) is 15.8 Å². The van der Waals surface area contributed by atoms with Crippen molar-refractivity contribution in [2.45, 2.75) is 6.42 Å². The maximum atomic E-state index is 15.0. The monoisotopic (exact) mass is 676 g/mol. The molecule has 18 heteroatoms. The van der Waals surface area contributed by atoms with Crippen LogP contribution in [0, 0.1) is 115 Å². The van der Waals surface area contributed by atoms with Gasteiger partial charge in [0.05, 0.1) is 28.3 Å². The molecular weight excluding hydrogens is 672 g/mol. The summed E-state index contributed by atoms with van der Waals surface area (Å²) in [6.07, 6.45) is -1.77. The second-order valence-electron chi connectivity index (χ2n) is 8.85. The molecule has 0 heterocycles. The Kier molecular flexibility index (Phi) is 10.2. The quantitative estimate of drug-likeness (QED) is 0.132. The second kappa shape index (κ2) is 13.7. The Labute approximate surface area is 259 Å². The number of hydrogen-bond donors (Lipinski definition) is 0. The average molecular weight is 676 g/mol. The lowest BCUT2D eigenvalue weighted by atomic mass is 9.99. The Balaban J connectivity index is 2.65. The normalized spacial score (nSPS) is 16.1. The molecule has 0 unspecified atom stereocenters. The van der Waals surface area contributed by atoms with E-state index in [0.717, 1.165) is 36.4 Å². The number of halogens is 12. The lowest BCUT2D eigenvalue weighted by molar-refractivity contribution is 0.446. The zero-order valence-corrected chi connectivity index (χ0v) is 22.6. The minimum atomic E-state index is -2.47. The first-order chi connectivity index (χ1) is 22.6. The topological polar surface area (TPSA) is 143 Å². The Morgan fingerprint density at radius 3 is 1.12 bits per heavy atom. The molecule has 0 amide bonds. The molecule has 2 aromatic rings. The molecule has 0 radical (unpaired) electrons. The molecule has 1 fully saturated rings. The molecular formula is C30H4F12N6. The molecule has 1 saturated carbocycles. The predicted molar refractivity (Wildman–Crippen MR) is 133 cm³/mol. The fourth-order valence-electron chi connectivity index (χ4n) is 4.21. The molecule has 1 aliphatic rings. The number of hydrogen-bond acceptors (Lipinski definition) is 6. The van der Waals surface area contributed by atoms with Gasteiger partial charge < -0.3 is 0 Å². The van der Waals surface area contributed by atoms with Crippen molar-refractivity contribution in [1.29, 1.82) is 31.6 Å². The van der Waals surface area contributed by atoms with Crippen molar-refractivity contribution in [3.05, 3.63) is 114 Å². The van der Waals surface area contributed by atoms with Crippen molar-refractivity contribution < 1.29 is 52.7 Å². The van der Waals surface area contributed by atoms with Crippen LogP contribution in [0.4, 0.5) is 52.7 Å². The maximum Gasteiger partial charge on any atom is 0.180 e. The summed E-state index contributed by atoms with van der Waals surface area (Å²) in [5.74, 6) is -26.3. The number of allylic oxidation sites excluding steroid dienone is 10. The molecule has 0 aromatic heterocycles. The van der Waals surface area contributed by atoms with Crippen molar-refractivity contribution in [3.63, 3.8) is 0 Å². The van der Waals surface area contributed by atoms with Gasteiger partial charge >= 0.3 is 0 Å². The van der Waals surface area contributed by atoms with Crippen LogP contribution in [0.2, 0.25) is 0 Å². The number of nitrogens with zero attached hydrogens (tertiary/aromatic N) is 6. The minimum absolute atomic E-state index is 0.783. The zero-order valence-electron chi connectivity index (χ0n) is 22.6. The summed E-state index contributed by atoms with van der Waals surface area (Å²) in [5.41, 5.74) is -17.8. The SMILES string of the molecule is N#CC(=C1C(=C(\C#N)C/C(F)=C(F)\C(C#N)=C(\F)CF)/C1=C(\C#N)c1c(F)c(F)c(C#N)c(F)c1F)c1c(F)c(F)c(C#N)c(F)c1F. The highest BCUT2D eigenvalue weighted by Crippen LogP contribution is 2.56. The van der Waals surface area contributed by atoms with Crippen molar-refractivity contribution in [3.8, 4) is 36.4 Å². The van der Waals surface area contributed by atoms with E-state index in [-0.39, 0.29) is 0 Å². The highest BCUT2D eigenvalue weighted by atomic mass is 19.2. The summed E-state index contributed by atoms with van der Waals surface area (Å²) in [6, 6.07) is 5.53. The summed E-state index contributed by atoms with van der Waals surface area (Å²) in [6.45, 7) is -2.11. The van der Waals surface area contributed by atoms with Gasteiger partial charge in [0.25, 0.3) is 0 Å². The van der Waals surface area contributed by atoms with Gasteiger partial charge in [0, 0.05) is 28.7 Å². The third-order valence-corrected chi connectivity index (χ3v) is 6.39. The molecule has 0 saturated heterocycles. The van der Waals surface area contributed by atoms with Crippen LogP contribution in [0.15, 0.2) is 45.3 Å². The molecule has 48 heavy (non-hydrogen) atoms. The predicted octanol–water partition coefficient (Wildman–Crippen LogP) is 7.89. The van der Waals surface area contributed by atoms with E-state index >= 15 is 0 Å². The Hall–Kier alpha value is -6.76. The first-order valence-corrected chi connectivity index (χ1v) is 12.0. The van der Waals surface area contributed by atoms with Gasteiger partial charge in [-0.15, -0.1) is 0 Å². The van der Waals surface area contributed by atoms with Crippen LogP contribution >= 0.6 is 0 Å². The third-order valence-electron chi connectivity index (χ3n) is 6.39. The van der Waals surface area contributed by atoms with E-state index in [1.54, 1.807) is 0 Å². The molecule has 0 N–H and O–H groups in total. The van der Waals surface area contributed by atoms with Gasteiger partial charge in [-0.2, -0.15) is 31.6 Å². The van der Waals surface area contributed by atoms with Crippen LogP contribution in [-0.4, -0.2) is 6.67 Å². The fourth-order valence-corrected chi connectivity index (χ4v) is 4.21. The number of alkyl halides is 1. The summed E-state index contributed by atoms with van der Waals surface area (Å²) in [5, 5.41) is 55.7. The van der Waals surface area contributed by atoms with Crippen LogP contribution in [0.3, 0.4) is 0 Å². The van der Waals surface area contributed by atoms with Crippen LogP contribution in [-0.2, 0) is 0 Å². The largest absolute Gasteiger partial charge is 0.243 e. The molecule has 238 valence electrons. The summed E-state index contributed by atoms with van der Waals surface area (Å²) >= 11 is 0. The second-order valence-corrected chi connectivity index (χ2v) is 8.85. The smallest absolute Gasteiger partial charge is 0.180 e. The van der Waals surface area contributed by atoms with Gasteiger partial charge in [0.2, 0.25) is 0 Å². The van der Waals surface area contributed by atoms with Crippen molar-refractivity contribution in [1.82, 2.24) is 0 Å². The molecule has 0 spiro atoms. The summed E-state index contributed by atoms with van der Waals surface area (Å²) in [7, 11) is 0. The molecule has 0 aliphatic heterocycles. The number of rotatable bonds is 6. The van der Waals surface area contributed by atoms with E-state index in [9.17, 15) is 68.5 Å². The van der Waals surface area contributed by atoms with Crippen molar-refractivity contribution in [2.75, 3.05) is 6.67 Å².